The highest BCUT2D eigenvalue weighted by Crippen LogP contribution is 2.27. The summed E-state index contributed by atoms with van der Waals surface area (Å²) in [6.45, 7) is 3.15. The third-order valence-corrected chi connectivity index (χ3v) is 4.76. The number of benzene rings is 2. The van der Waals surface area contributed by atoms with Gasteiger partial charge in [-0.15, -0.1) is 0 Å². The van der Waals surface area contributed by atoms with E-state index in [0.29, 0.717) is 16.8 Å². The zero-order valence-electron chi connectivity index (χ0n) is 11.4. The van der Waals surface area contributed by atoms with Gasteiger partial charge in [-0.05, 0) is 43.2 Å². The molecule has 0 aliphatic heterocycles. The lowest BCUT2D eigenvalue weighted by Gasteiger charge is -2.14. The first-order valence-electron chi connectivity index (χ1n) is 6.06. The van der Waals surface area contributed by atoms with E-state index >= 15 is 0 Å². The van der Waals surface area contributed by atoms with Gasteiger partial charge in [-0.1, -0.05) is 12.1 Å². The molecule has 112 valence electrons. The smallest absolute Gasteiger partial charge is 0.262 e. The van der Waals surface area contributed by atoms with Crippen LogP contribution in [-0.2, 0) is 10.0 Å². The molecule has 0 fully saturated rings. The van der Waals surface area contributed by atoms with Crippen LogP contribution in [0.2, 0.25) is 0 Å². The average Bonchev–Trinajstić information content (AvgIpc) is 2.39. The molecule has 21 heavy (non-hydrogen) atoms. The van der Waals surface area contributed by atoms with Gasteiger partial charge in [0.1, 0.15) is 0 Å². The molecule has 0 aliphatic rings. The van der Waals surface area contributed by atoms with Crippen molar-refractivity contribution in [3.8, 4) is 0 Å². The van der Waals surface area contributed by atoms with Gasteiger partial charge in [0.05, 0.1) is 10.6 Å². The van der Waals surface area contributed by atoms with Crippen molar-refractivity contribution in [2.24, 2.45) is 0 Å². The molecule has 0 aromatic heterocycles. The van der Waals surface area contributed by atoms with Crippen molar-refractivity contribution in [1.29, 1.82) is 0 Å². The monoisotopic (exact) mass is 312 g/mol. The Morgan fingerprint density at radius 1 is 1.10 bits per heavy atom. The van der Waals surface area contributed by atoms with Gasteiger partial charge in [0.15, 0.2) is 11.6 Å². The Morgan fingerprint density at radius 2 is 1.76 bits per heavy atom. The van der Waals surface area contributed by atoms with E-state index in [-0.39, 0.29) is 4.90 Å². The Balaban J connectivity index is 2.54. The molecule has 2 rings (SSSR count). The molecule has 0 radical (unpaired) electrons. The van der Waals surface area contributed by atoms with Gasteiger partial charge in [0, 0.05) is 5.69 Å². The van der Waals surface area contributed by atoms with Gasteiger partial charge in [0.2, 0.25) is 0 Å². The standard InChI is InChI=1S/C14H14F2N2O2S/c1-8-6-7-11(17)9(2)14(8)21(19,20)18-12-5-3-4-10(15)13(12)16/h3-7,18H,17H2,1-2H3. The van der Waals surface area contributed by atoms with Crippen LogP contribution < -0.4 is 10.5 Å². The molecule has 0 saturated carbocycles. The molecule has 2 aromatic rings. The van der Waals surface area contributed by atoms with Crippen molar-refractivity contribution in [1.82, 2.24) is 0 Å². The van der Waals surface area contributed by atoms with E-state index in [2.05, 4.69) is 4.72 Å². The van der Waals surface area contributed by atoms with Crippen LogP contribution in [0.5, 0.6) is 0 Å². The highest BCUT2D eigenvalue weighted by Gasteiger charge is 2.22. The molecule has 0 bridgehead atoms. The number of anilines is 2. The number of rotatable bonds is 3. The van der Waals surface area contributed by atoms with E-state index in [1.54, 1.807) is 26.0 Å². The van der Waals surface area contributed by atoms with Gasteiger partial charge in [-0.2, -0.15) is 0 Å². The Kier molecular flexibility index (Phi) is 3.87. The summed E-state index contributed by atoms with van der Waals surface area (Å²) < 4.78 is 53.6. The lowest BCUT2D eigenvalue weighted by molar-refractivity contribution is 0.511. The first-order chi connectivity index (χ1) is 9.74. The molecule has 0 atom stereocenters. The minimum absolute atomic E-state index is 0.0360. The molecule has 3 N–H and O–H groups in total. The molecule has 0 spiro atoms. The molecule has 0 aliphatic carbocycles. The molecule has 0 amide bonds. The van der Waals surface area contributed by atoms with Gasteiger partial charge < -0.3 is 5.73 Å². The van der Waals surface area contributed by atoms with E-state index < -0.39 is 27.3 Å². The van der Waals surface area contributed by atoms with E-state index in [4.69, 9.17) is 5.73 Å². The molecule has 0 heterocycles. The first-order valence-corrected chi connectivity index (χ1v) is 7.55. The number of nitrogen functional groups attached to an aromatic ring is 1. The Bertz CT molecular complexity index is 805. The van der Waals surface area contributed by atoms with Gasteiger partial charge in [0.25, 0.3) is 10.0 Å². The summed E-state index contributed by atoms with van der Waals surface area (Å²) >= 11 is 0. The van der Waals surface area contributed by atoms with Crippen LogP contribution in [0.4, 0.5) is 20.2 Å². The summed E-state index contributed by atoms with van der Waals surface area (Å²) in [4.78, 5) is -0.0360. The molecule has 2 aromatic carbocycles. The van der Waals surface area contributed by atoms with Crippen molar-refractivity contribution in [2.45, 2.75) is 18.7 Å². The van der Waals surface area contributed by atoms with E-state index in [9.17, 15) is 17.2 Å². The lowest BCUT2D eigenvalue weighted by atomic mass is 10.1. The van der Waals surface area contributed by atoms with Crippen LogP contribution in [-0.4, -0.2) is 8.42 Å². The second-order valence-corrected chi connectivity index (χ2v) is 6.25. The minimum Gasteiger partial charge on any atom is -0.398 e. The summed E-state index contributed by atoms with van der Waals surface area (Å²) in [5.41, 5.74) is 6.39. The largest absolute Gasteiger partial charge is 0.398 e. The fourth-order valence-electron chi connectivity index (χ4n) is 2.03. The highest BCUT2D eigenvalue weighted by atomic mass is 32.2. The maximum atomic E-state index is 13.6. The fourth-order valence-corrected chi connectivity index (χ4v) is 3.60. The number of hydrogen-bond donors (Lipinski definition) is 2. The lowest BCUT2D eigenvalue weighted by Crippen LogP contribution is -2.17. The first kappa shape index (κ1) is 15.2. The fraction of sp³-hybridized carbons (Fsp3) is 0.143. The normalized spacial score (nSPS) is 11.4. The number of sulfonamides is 1. The van der Waals surface area contributed by atoms with Gasteiger partial charge in [-0.3, -0.25) is 4.72 Å². The second-order valence-electron chi connectivity index (χ2n) is 4.63. The van der Waals surface area contributed by atoms with E-state index in [0.717, 1.165) is 12.1 Å². The van der Waals surface area contributed by atoms with Crippen molar-refractivity contribution in [3.63, 3.8) is 0 Å². The van der Waals surface area contributed by atoms with E-state index in [1.807, 2.05) is 0 Å². The highest BCUT2D eigenvalue weighted by molar-refractivity contribution is 7.92. The third kappa shape index (κ3) is 2.82. The van der Waals surface area contributed by atoms with Crippen LogP contribution in [0.15, 0.2) is 35.2 Å². The Morgan fingerprint density at radius 3 is 2.43 bits per heavy atom. The predicted molar refractivity (Wildman–Crippen MR) is 77.5 cm³/mol. The van der Waals surface area contributed by atoms with Crippen LogP contribution in [0.25, 0.3) is 0 Å². The van der Waals surface area contributed by atoms with Crippen molar-refractivity contribution in [2.75, 3.05) is 10.5 Å². The van der Waals surface area contributed by atoms with Crippen molar-refractivity contribution < 1.29 is 17.2 Å². The summed E-state index contributed by atoms with van der Waals surface area (Å²) in [5, 5.41) is 0. The summed E-state index contributed by atoms with van der Waals surface area (Å²) in [5.74, 6) is -2.38. The zero-order valence-corrected chi connectivity index (χ0v) is 12.3. The predicted octanol–water partition coefficient (Wildman–Crippen LogP) is 2.96. The molecule has 7 heteroatoms. The summed E-state index contributed by atoms with van der Waals surface area (Å²) in [6, 6.07) is 6.41. The second kappa shape index (κ2) is 5.33. The summed E-state index contributed by atoms with van der Waals surface area (Å²) in [6.07, 6.45) is 0. The zero-order chi connectivity index (χ0) is 15.8. The number of halogens is 2. The number of nitrogens with one attached hydrogen (secondary N) is 1. The SMILES string of the molecule is Cc1ccc(N)c(C)c1S(=O)(=O)Nc1cccc(F)c1F. The number of aryl methyl sites for hydroxylation is 1. The maximum Gasteiger partial charge on any atom is 0.262 e. The van der Waals surface area contributed by atoms with Crippen LogP contribution in [0, 0.1) is 25.5 Å². The van der Waals surface area contributed by atoms with Crippen LogP contribution in [0.3, 0.4) is 0 Å². The number of nitrogens with two attached hydrogens (primary N) is 1. The minimum atomic E-state index is -4.07. The Hall–Kier alpha value is -2.15. The topological polar surface area (TPSA) is 72.2 Å². The molecular weight excluding hydrogens is 298 g/mol. The van der Waals surface area contributed by atoms with Crippen LogP contribution in [0.1, 0.15) is 11.1 Å². The quantitative estimate of drug-likeness (QED) is 0.856. The van der Waals surface area contributed by atoms with Crippen molar-refractivity contribution in [3.05, 3.63) is 53.1 Å². The van der Waals surface area contributed by atoms with Gasteiger partial charge in [-0.25, -0.2) is 17.2 Å². The molecule has 4 nitrogen and oxygen atoms in total. The third-order valence-electron chi connectivity index (χ3n) is 3.11. The van der Waals surface area contributed by atoms with E-state index in [1.165, 1.54) is 6.07 Å². The molecule has 0 unspecified atom stereocenters. The Labute approximate surface area is 121 Å². The van der Waals surface area contributed by atoms with Gasteiger partial charge >= 0.3 is 0 Å². The van der Waals surface area contributed by atoms with Crippen molar-refractivity contribution >= 4 is 21.4 Å². The van der Waals surface area contributed by atoms with Crippen LogP contribution >= 0.6 is 0 Å². The molecule has 0 saturated heterocycles. The summed E-state index contributed by atoms with van der Waals surface area (Å²) in [7, 11) is -4.07. The number of hydrogen-bond acceptors (Lipinski definition) is 3. The average molecular weight is 312 g/mol. The maximum absolute atomic E-state index is 13.6. The molecular formula is C14H14F2N2O2S.